The number of fused-ring (bicyclic) bond motifs is 1. The molecule has 3 rings (SSSR count). The summed E-state index contributed by atoms with van der Waals surface area (Å²) in [5, 5.41) is 1.10. The molecule has 2 aromatic carbocycles. The highest BCUT2D eigenvalue weighted by atomic mass is 35.5. The summed E-state index contributed by atoms with van der Waals surface area (Å²) < 4.78 is 0. The van der Waals surface area contributed by atoms with Crippen LogP contribution in [-0.2, 0) is 11.3 Å². The van der Waals surface area contributed by atoms with Gasteiger partial charge in [0, 0.05) is 7.05 Å². The number of halogens is 1. The summed E-state index contributed by atoms with van der Waals surface area (Å²) in [5.41, 5.74) is 2.18. The Balaban J connectivity index is 1.79. The summed E-state index contributed by atoms with van der Waals surface area (Å²) >= 11 is 6.22. The number of likely N-dealkylation sites (N-methyl/N-ethyl adjacent to an activating group) is 1. The van der Waals surface area contributed by atoms with Crippen LogP contribution in [0.15, 0.2) is 47.3 Å². The largest absolute Gasteiger partial charge is 0.313 e. The van der Waals surface area contributed by atoms with E-state index in [9.17, 15) is 9.59 Å². The molecule has 0 aliphatic rings. The monoisotopic (exact) mass is 412 g/mol. The molecule has 0 aliphatic heterocycles. The van der Waals surface area contributed by atoms with Crippen LogP contribution in [0.4, 0.5) is 5.69 Å². The number of hydrogen-bond donors (Lipinski definition) is 1. The fraction of sp³-hybridized carbons (Fsp3) is 0.318. The molecular weight excluding hydrogens is 388 g/mol. The zero-order chi connectivity index (χ0) is 21.0. The normalized spacial score (nSPS) is 11.2. The Kier molecular flexibility index (Phi) is 6.67. The second-order valence-electron chi connectivity index (χ2n) is 7.15. The number of nitrogens with zero attached hydrogens (tertiary/aromatic N) is 3. The Bertz CT molecular complexity index is 1080. The summed E-state index contributed by atoms with van der Waals surface area (Å²) in [6.07, 6.45) is 0.875. The molecule has 0 saturated carbocycles. The van der Waals surface area contributed by atoms with Crippen molar-refractivity contribution in [2.45, 2.75) is 26.8 Å². The second-order valence-corrected chi connectivity index (χ2v) is 7.56. The summed E-state index contributed by atoms with van der Waals surface area (Å²) in [7, 11) is 1.71. The van der Waals surface area contributed by atoms with Gasteiger partial charge in [-0.15, -0.1) is 0 Å². The average molecular weight is 413 g/mol. The number of rotatable bonds is 7. The predicted molar refractivity (Wildman–Crippen MR) is 118 cm³/mol. The zero-order valence-electron chi connectivity index (χ0n) is 16.9. The molecule has 0 spiro atoms. The average Bonchev–Trinajstić information content (AvgIpc) is 2.68. The van der Waals surface area contributed by atoms with Crippen molar-refractivity contribution >= 4 is 34.1 Å². The van der Waals surface area contributed by atoms with Crippen LogP contribution in [0.25, 0.3) is 10.9 Å². The number of para-hydroxylation sites is 1. The number of aryl methyl sites for hydroxylation is 1. The van der Waals surface area contributed by atoms with Crippen molar-refractivity contribution in [3.8, 4) is 0 Å². The van der Waals surface area contributed by atoms with Gasteiger partial charge in [-0.1, -0.05) is 42.3 Å². The molecule has 0 unspecified atom stereocenters. The number of anilines is 1. The van der Waals surface area contributed by atoms with Gasteiger partial charge in [0.05, 0.1) is 34.7 Å². The van der Waals surface area contributed by atoms with E-state index in [-0.39, 0.29) is 18.0 Å². The fourth-order valence-corrected chi connectivity index (χ4v) is 3.54. The van der Waals surface area contributed by atoms with Crippen molar-refractivity contribution in [2.24, 2.45) is 0 Å². The van der Waals surface area contributed by atoms with E-state index in [1.165, 1.54) is 0 Å². The van der Waals surface area contributed by atoms with E-state index >= 15 is 0 Å². The van der Waals surface area contributed by atoms with E-state index in [4.69, 9.17) is 11.6 Å². The molecule has 0 bridgehead atoms. The number of hydrogen-bond acceptors (Lipinski definition) is 4. The fourth-order valence-electron chi connectivity index (χ4n) is 3.27. The van der Waals surface area contributed by atoms with E-state index in [0.717, 1.165) is 12.0 Å². The minimum absolute atomic E-state index is 0.0784. The van der Waals surface area contributed by atoms with Crippen LogP contribution < -0.4 is 10.5 Å². The lowest BCUT2D eigenvalue weighted by Crippen LogP contribution is -2.39. The first kappa shape index (κ1) is 21.0. The Morgan fingerprint density at radius 2 is 1.97 bits per heavy atom. The lowest BCUT2D eigenvalue weighted by molar-refractivity contribution is -0.119. The minimum Gasteiger partial charge on any atom is -0.313 e. The Morgan fingerprint density at radius 3 is 2.69 bits per heavy atom. The molecule has 0 saturated heterocycles. The van der Waals surface area contributed by atoms with Gasteiger partial charge in [-0.3, -0.25) is 14.5 Å². The third-order valence-corrected chi connectivity index (χ3v) is 5.09. The molecular formula is C22H25ClN4O2. The third-order valence-electron chi connectivity index (χ3n) is 4.77. The van der Waals surface area contributed by atoms with Crippen molar-refractivity contribution in [1.29, 1.82) is 0 Å². The van der Waals surface area contributed by atoms with Gasteiger partial charge in [0.25, 0.3) is 5.56 Å². The van der Waals surface area contributed by atoms with Gasteiger partial charge in [0.2, 0.25) is 5.91 Å². The van der Waals surface area contributed by atoms with Gasteiger partial charge in [-0.2, -0.15) is 0 Å². The molecule has 152 valence electrons. The maximum atomic E-state index is 12.8. The van der Waals surface area contributed by atoms with Crippen LogP contribution in [0.2, 0.25) is 5.02 Å². The SMILES string of the molecule is CCCN(CC(=O)N(C)c1ccccc1Cl)Cc1nc2ccc(C)cc2c(=O)[nH]1. The maximum Gasteiger partial charge on any atom is 0.258 e. The first-order valence-electron chi connectivity index (χ1n) is 9.62. The summed E-state index contributed by atoms with van der Waals surface area (Å²) in [6.45, 7) is 5.28. The molecule has 1 amide bonds. The quantitative estimate of drug-likeness (QED) is 0.641. The standard InChI is InChI=1S/C22H25ClN4O2/c1-4-11-27(14-21(28)26(3)19-8-6-5-7-17(19)23)13-20-24-18-10-9-15(2)12-16(18)22(29)25-20/h5-10,12H,4,11,13-14H2,1-3H3,(H,24,25,29). The third kappa shape index (κ3) is 5.02. The summed E-state index contributed by atoms with van der Waals surface area (Å²) in [4.78, 5) is 36.2. The number of H-pyrrole nitrogens is 1. The molecule has 0 aliphatic carbocycles. The zero-order valence-corrected chi connectivity index (χ0v) is 17.7. The highest BCUT2D eigenvalue weighted by molar-refractivity contribution is 6.33. The van der Waals surface area contributed by atoms with Gasteiger partial charge in [0.15, 0.2) is 0 Å². The smallest absolute Gasteiger partial charge is 0.258 e. The first-order chi connectivity index (χ1) is 13.9. The minimum atomic E-state index is -0.162. The van der Waals surface area contributed by atoms with Crippen LogP contribution in [-0.4, -0.2) is 40.9 Å². The van der Waals surface area contributed by atoms with E-state index in [0.29, 0.717) is 40.5 Å². The number of benzene rings is 2. The molecule has 29 heavy (non-hydrogen) atoms. The van der Waals surface area contributed by atoms with Crippen molar-refractivity contribution in [2.75, 3.05) is 25.0 Å². The summed E-state index contributed by atoms with van der Waals surface area (Å²) in [6, 6.07) is 12.9. The predicted octanol–water partition coefficient (Wildman–Crippen LogP) is 3.76. The first-order valence-corrected chi connectivity index (χ1v) is 10.00. The van der Waals surface area contributed by atoms with Crippen molar-refractivity contribution in [3.05, 3.63) is 69.2 Å². The number of aromatic amines is 1. The van der Waals surface area contributed by atoms with Crippen LogP contribution >= 0.6 is 11.6 Å². The topological polar surface area (TPSA) is 69.3 Å². The van der Waals surface area contributed by atoms with Gasteiger partial charge in [0.1, 0.15) is 5.82 Å². The molecule has 0 atom stereocenters. The molecule has 1 aromatic heterocycles. The van der Waals surface area contributed by atoms with E-state index in [2.05, 4.69) is 16.9 Å². The van der Waals surface area contributed by atoms with Gasteiger partial charge >= 0.3 is 0 Å². The van der Waals surface area contributed by atoms with E-state index in [1.54, 1.807) is 18.0 Å². The lowest BCUT2D eigenvalue weighted by Gasteiger charge is -2.25. The van der Waals surface area contributed by atoms with E-state index < -0.39 is 0 Å². The molecule has 6 nitrogen and oxygen atoms in total. The Labute approximate surface area is 175 Å². The molecule has 0 fully saturated rings. The highest BCUT2D eigenvalue weighted by Crippen LogP contribution is 2.24. The number of aromatic nitrogens is 2. The van der Waals surface area contributed by atoms with Crippen molar-refractivity contribution in [3.63, 3.8) is 0 Å². The van der Waals surface area contributed by atoms with Gasteiger partial charge < -0.3 is 9.88 Å². The number of nitrogens with one attached hydrogen (secondary N) is 1. The number of carbonyl (C=O) groups is 1. The maximum absolute atomic E-state index is 12.8. The Hall–Kier alpha value is -2.70. The van der Waals surface area contributed by atoms with Crippen LogP contribution in [0.3, 0.4) is 0 Å². The van der Waals surface area contributed by atoms with Crippen molar-refractivity contribution < 1.29 is 4.79 Å². The highest BCUT2D eigenvalue weighted by Gasteiger charge is 2.18. The van der Waals surface area contributed by atoms with Crippen LogP contribution in [0.1, 0.15) is 24.7 Å². The number of carbonyl (C=O) groups excluding carboxylic acids is 1. The number of amides is 1. The molecule has 1 heterocycles. The molecule has 1 N–H and O–H groups in total. The van der Waals surface area contributed by atoms with Crippen molar-refractivity contribution in [1.82, 2.24) is 14.9 Å². The summed E-state index contributed by atoms with van der Waals surface area (Å²) in [5.74, 6) is 0.471. The van der Waals surface area contributed by atoms with Crippen LogP contribution in [0.5, 0.6) is 0 Å². The Morgan fingerprint density at radius 1 is 1.21 bits per heavy atom. The van der Waals surface area contributed by atoms with Gasteiger partial charge in [-0.25, -0.2) is 4.98 Å². The molecule has 7 heteroatoms. The second kappa shape index (κ2) is 9.20. The lowest BCUT2D eigenvalue weighted by atomic mass is 10.2. The van der Waals surface area contributed by atoms with Gasteiger partial charge in [-0.05, 0) is 44.2 Å². The molecule has 0 radical (unpaired) electrons. The molecule has 3 aromatic rings. The van der Waals surface area contributed by atoms with E-state index in [1.807, 2.05) is 48.2 Å². The van der Waals surface area contributed by atoms with Crippen LogP contribution in [0, 0.1) is 6.92 Å².